The van der Waals surface area contributed by atoms with Crippen molar-refractivity contribution in [3.8, 4) is 0 Å². The molecule has 2 aliphatic rings. The number of hydrogen-bond acceptors (Lipinski definition) is 6. The topological polar surface area (TPSA) is 76.3 Å². The van der Waals surface area contributed by atoms with E-state index in [1.165, 1.54) is 19.3 Å². The van der Waals surface area contributed by atoms with E-state index < -0.39 is 0 Å². The first kappa shape index (κ1) is 13.6. The summed E-state index contributed by atoms with van der Waals surface area (Å²) in [6, 6.07) is 0.448. The average Bonchev–Trinajstić information content (AvgIpc) is 2.53. The number of nitrogens with two attached hydrogens (primary N) is 1. The number of ether oxygens (including phenoxy) is 1. The number of nitrogens with zero attached hydrogens (tertiary/aromatic N) is 3. The fourth-order valence-corrected chi connectivity index (χ4v) is 3.46. The minimum Gasteiger partial charge on any atom is -0.374 e. The molecule has 6 heteroatoms. The molecule has 6 nitrogen and oxygen atoms in total. The van der Waals surface area contributed by atoms with Gasteiger partial charge in [-0.2, -0.15) is 0 Å². The van der Waals surface area contributed by atoms with Crippen LogP contribution in [0.15, 0.2) is 6.33 Å². The van der Waals surface area contributed by atoms with Crippen molar-refractivity contribution in [2.24, 2.45) is 5.84 Å². The van der Waals surface area contributed by atoms with Crippen LogP contribution in [0.3, 0.4) is 0 Å². The second-order valence-electron chi connectivity index (χ2n) is 5.48. The van der Waals surface area contributed by atoms with Gasteiger partial charge in [-0.25, -0.2) is 15.8 Å². The summed E-state index contributed by atoms with van der Waals surface area (Å²) in [5, 5.41) is 0. The largest absolute Gasteiger partial charge is 0.374 e. The van der Waals surface area contributed by atoms with Crippen molar-refractivity contribution in [2.75, 3.05) is 23.5 Å². The van der Waals surface area contributed by atoms with Gasteiger partial charge in [-0.1, -0.05) is 19.8 Å². The molecule has 3 N–H and O–H groups in total. The Bertz CT molecular complexity index is 465. The van der Waals surface area contributed by atoms with Gasteiger partial charge in [0.05, 0.1) is 18.8 Å². The zero-order valence-corrected chi connectivity index (χ0v) is 12.0. The van der Waals surface area contributed by atoms with Gasteiger partial charge in [0.25, 0.3) is 0 Å². The molecule has 1 aromatic rings. The zero-order chi connectivity index (χ0) is 13.9. The van der Waals surface area contributed by atoms with Crippen LogP contribution in [-0.4, -0.2) is 35.3 Å². The highest BCUT2D eigenvalue weighted by molar-refractivity contribution is 5.59. The monoisotopic (exact) mass is 277 g/mol. The molecule has 110 valence electrons. The molecule has 1 saturated heterocycles. The Labute approximate surface area is 119 Å². The van der Waals surface area contributed by atoms with Gasteiger partial charge in [0.15, 0.2) is 0 Å². The molecular weight excluding hydrogens is 254 g/mol. The fourth-order valence-electron chi connectivity index (χ4n) is 3.46. The number of morpholine rings is 1. The number of rotatable bonds is 3. The smallest absolute Gasteiger partial charge is 0.148 e. The summed E-state index contributed by atoms with van der Waals surface area (Å²) in [5.41, 5.74) is 3.79. The molecule has 0 radical (unpaired) electrons. The molecule has 2 fully saturated rings. The van der Waals surface area contributed by atoms with Gasteiger partial charge < -0.3 is 15.1 Å². The van der Waals surface area contributed by atoms with Crippen LogP contribution in [-0.2, 0) is 11.2 Å². The van der Waals surface area contributed by atoms with Gasteiger partial charge in [-0.15, -0.1) is 0 Å². The Morgan fingerprint density at radius 3 is 3.05 bits per heavy atom. The van der Waals surface area contributed by atoms with Crippen LogP contribution in [0.25, 0.3) is 0 Å². The lowest BCUT2D eigenvalue weighted by Crippen LogP contribution is -2.53. The van der Waals surface area contributed by atoms with Crippen molar-refractivity contribution in [2.45, 2.75) is 51.2 Å². The Hall–Kier alpha value is -1.40. The molecule has 2 unspecified atom stereocenters. The number of nitrogens with one attached hydrogen (secondary N) is 1. The molecule has 1 aliphatic carbocycles. The van der Waals surface area contributed by atoms with Crippen molar-refractivity contribution in [1.29, 1.82) is 0 Å². The number of aromatic nitrogens is 2. The molecule has 0 aromatic carbocycles. The number of nitrogen functional groups attached to an aromatic ring is 1. The lowest BCUT2D eigenvalue weighted by molar-refractivity contribution is -0.00905. The van der Waals surface area contributed by atoms with Gasteiger partial charge in [-0.05, 0) is 19.3 Å². The third kappa shape index (κ3) is 2.33. The van der Waals surface area contributed by atoms with E-state index in [9.17, 15) is 0 Å². The first-order valence-corrected chi connectivity index (χ1v) is 7.54. The predicted octanol–water partition coefficient (Wildman–Crippen LogP) is 1.47. The SMILES string of the molecule is CCc1c(NN)ncnc1N1CCOC2CCCCC21. The summed E-state index contributed by atoms with van der Waals surface area (Å²) in [6.45, 7) is 3.79. The highest BCUT2D eigenvalue weighted by Gasteiger charge is 2.35. The summed E-state index contributed by atoms with van der Waals surface area (Å²) < 4.78 is 5.94. The highest BCUT2D eigenvalue weighted by atomic mass is 16.5. The molecule has 0 bridgehead atoms. The Morgan fingerprint density at radius 2 is 2.25 bits per heavy atom. The van der Waals surface area contributed by atoms with E-state index in [4.69, 9.17) is 10.6 Å². The maximum atomic E-state index is 5.94. The number of fused-ring (bicyclic) bond motifs is 1. The van der Waals surface area contributed by atoms with E-state index in [0.29, 0.717) is 12.1 Å². The van der Waals surface area contributed by atoms with Gasteiger partial charge in [0.2, 0.25) is 0 Å². The van der Waals surface area contributed by atoms with E-state index in [1.54, 1.807) is 6.33 Å². The van der Waals surface area contributed by atoms with Crippen molar-refractivity contribution >= 4 is 11.6 Å². The number of hydrogen-bond donors (Lipinski definition) is 2. The molecule has 20 heavy (non-hydrogen) atoms. The standard InChI is InChI=1S/C14H23N5O/c1-2-10-13(18-15)16-9-17-14(10)19-7-8-20-12-6-4-3-5-11(12)19/h9,11-12H,2-8,15H2,1H3,(H,16,17,18). The minimum atomic E-state index is 0.353. The molecule has 2 atom stereocenters. The maximum Gasteiger partial charge on any atom is 0.148 e. The van der Waals surface area contributed by atoms with Crippen LogP contribution in [0.1, 0.15) is 38.2 Å². The van der Waals surface area contributed by atoms with E-state index in [-0.39, 0.29) is 0 Å². The normalized spacial score (nSPS) is 26.2. The van der Waals surface area contributed by atoms with E-state index in [0.717, 1.165) is 43.2 Å². The molecule has 1 aliphatic heterocycles. The third-order valence-corrected chi connectivity index (χ3v) is 4.42. The van der Waals surface area contributed by atoms with E-state index >= 15 is 0 Å². The Kier molecular flexibility index (Phi) is 4.03. The van der Waals surface area contributed by atoms with Crippen LogP contribution < -0.4 is 16.2 Å². The Balaban J connectivity index is 1.94. The van der Waals surface area contributed by atoms with Crippen molar-refractivity contribution < 1.29 is 4.74 Å². The first-order valence-electron chi connectivity index (χ1n) is 7.54. The lowest BCUT2D eigenvalue weighted by Gasteiger charge is -2.45. The summed E-state index contributed by atoms with van der Waals surface area (Å²) in [7, 11) is 0. The van der Waals surface area contributed by atoms with Gasteiger partial charge in [0.1, 0.15) is 18.0 Å². The van der Waals surface area contributed by atoms with E-state index in [2.05, 4.69) is 27.2 Å². The number of hydrazine groups is 1. The second kappa shape index (κ2) is 5.93. The molecule has 3 rings (SSSR count). The van der Waals surface area contributed by atoms with Crippen LogP contribution in [0.2, 0.25) is 0 Å². The first-order chi connectivity index (χ1) is 9.85. The highest BCUT2D eigenvalue weighted by Crippen LogP contribution is 2.33. The summed E-state index contributed by atoms with van der Waals surface area (Å²) in [6.07, 6.45) is 7.71. The summed E-state index contributed by atoms with van der Waals surface area (Å²) in [4.78, 5) is 11.2. The molecule has 0 amide bonds. The van der Waals surface area contributed by atoms with Crippen LogP contribution in [0.5, 0.6) is 0 Å². The van der Waals surface area contributed by atoms with Crippen LogP contribution in [0, 0.1) is 0 Å². The second-order valence-corrected chi connectivity index (χ2v) is 5.48. The fraction of sp³-hybridized carbons (Fsp3) is 0.714. The minimum absolute atomic E-state index is 0.353. The lowest BCUT2D eigenvalue weighted by atomic mass is 9.90. The molecule has 1 saturated carbocycles. The predicted molar refractivity (Wildman–Crippen MR) is 78.6 cm³/mol. The van der Waals surface area contributed by atoms with Gasteiger partial charge in [0, 0.05) is 12.1 Å². The number of anilines is 2. The molecule has 2 heterocycles. The Morgan fingerprint density at radius 1 is 1.40 bits per heavy atom. The van der Waals surface area contributed by atoms with Crippen LogP contribution >= 0.6 is 0 Å². The van der Waals surface area contributed by atoms with E-state index in [1.807, 2.05) is 0 Å². The van der Waals surface area contributed by atoms with Crippen LogP contribution in [0.4, 0.5) is 11.6 Å². The van der Waals surface area contributed by atoms with Crippen molar-refractivity contribution in [3.63, 3.8) is 0 Å². The molecular formula is C14H23N5O. The van der Waals surface area contributed by atoms with Gasteiger partial charge in [-0.3, -0.25) is 0 Å². The summed E-state index contributed by atoms with van der Waals surface area (Å²) >= 11 is 0. The average molecular weight is 277 g/mol. The molecule has 1 aromatic heterocycles. The van der Waals surface area contributed by atoms with Crippen molar-refractivity contribution in [1.82, 2.24) is 9.97 Å². The zero-order valence-electron chi connectivity index (χ0n) is 12.0. The summed E-state index contributed by atoms with van der Waals surface area (Å²) in [5.74, 6) is 7.33. The molecule has 0 spiro atoms. The van der Waals surface area contributed by atoms with Gasteiger partial charge >= 0.3 is 0 Å². The maximum absolute atomic E-state index is 5.94. The third-order valence-electron chi connectivity index (χ3n) is 4.42. The quantitative estimate of drug-likeness (QED) is 0.643. The van der Waals surface area contributed by atoms with Crippen molar-refractivity contribution in [3.05, 3.63) is 11.9 Å².